The summed E-state index contributed by atoms with van der Waals surface area (Å²) in [6.45, 7) is 1.65. The second kappa shape index (κ2) is 6.70. The van der Waals surface area contributed by atoms with Crippen LogP contribution in [0.25, 0.3) is 0 Å². The third-order valence-corrected chi connectivity index (χ3v) is 3.43. The Kier molecular flexibility index (Phi) is 4.94. The van der Waals surface area contributed by atoms with Gasteiger partial charge in [0.15, 0.2) is 12.4 Å². The normalized spacial score (nSPS) is 10.2. The molecule has 0 aliphatic heterocycles. The summed E-state index contributed by atoms with van der Waals surface area (Å²) in [5, 5.41) is 3.42. The highest BCUT2D eigenvalue weighted by Crippen LogP contribution is 2.32. The SMILES string of the molecule is Cc1cccc(N)c1NC(=O)COc1c(Cl)cccc1Cl. The number of rotatable bonds is 4. The zero-order valence-electron chi connectivity index (χ0n) is 11.3. The van der Waals surface area contributed by atoms with Crippen molar-refractivity contribution in [3.05, 3.63) is 52.0 Å². The number of benzene rings is 2. The number of ether oxygens (including phenoxy) is 1. The number of halogens is 2. The summed E-state index contributed by atoms with van der Waals surface area (Å²) >= 11 is 11.9. The molecule has 4 nitrogen and oxygen atoms in total. The third-order valence-electron chi connectivity index (χ3n) is 2.84. The molecule has 0 heterocycles. The summed E-state index contributed by atoms with van der Waals surface area (Å²) in [5.74, 6) is -0.0549. The van der Waals surface area contributed by atoms with E-state index < -0.39 is 0 Å². The van der Waals surface area contributed by atoms with Gasteiger partial charge >= 0.3 is 0 Å². The van der Waals surface area contributed by atoms with E-state index in [1.165, 1.54) is 0 Å². The Hall–Kier alpha value is -1.91. The van der Waals surface area contributed by atoms with Crippen molar-refractivity contribution in [3.63, 3.8) is 0 Å². The average Bonchev–Trinajstić information content (AvgIpc) is 2.42. The molecule has 2 rings (SSSR count). The maximum absolute atomic E-state index is 11.9. The first kappa shape index (κ1) is 15.5. The lowest BCUT2D eigenvalue weighted by molar-refractivity contribution is -0.118. The molecule has 2 aromatic carbocycles. The lowest BCUT2D eigenvalue weighted by atomic mass is 10.1. The molecule has 110 valence electrons. The van der Waals surface area contributed by atoms with Gasteiger partial charge in [0, 0.05) is 0 Å². The summed E-state index contributed by atoms with van der Waals surface area (Å²) in [6.07, 6.45) is 0. The van der Waals surface area contributed by atoms with Crippen molar-refractivity contribution < 1.29 is 9.53 Å². The van der Waals surface area contributed by atoms with Crippen LogP contribution < -0.4 is 15.8 Å². The first-order valence-electron chi connectivity index (χ1n) is 6.21. The van der Waals surface area contributed by atoms with Crippen LogP contribution >= 0.6 is 23.2 Å². The van der Waals surface area contributed by atoms with Gasteiger partial charge in [-0.15, -0.1) is 0 Å². The average molecular weight is 325 g/mol. The first-order valence-corrected chi connectivity index (χ1v) is 6.96. The number of nitrogens with two attached hydrogens (primary N) is 1. The van der Waals surface area contributed by atoms with Crippen LogP contribution in [0.4, 0.5) is 11.4 Å². The van der Waals surface area contributed by atoms with Crippen molar-refractivity contribution in [1.29, 1.82) is 0 Å². The fourth-order valence-corrected chi connectivity index (χ4v) is 2.30. The van der Waals surface area contributed by atoms with E-state index in [9.17, 15) is 4.79 Å². The molecule has 0 atom stereocenters. The van der Waals surface area contributed by atoms with Gasteiger partial charge in [0.05, 0.1) is 21.4 Å². The van der Waals surface area contributed by atoms with E-state index in [-0.39, 0.29) is 18.3 Å². The molecule has 0 radical (unpaired) electrons. The van der Waals surface area contributed by atoms with Crippen molar-refractivity contribution in [2.45, 2.75) is 6.92 Å². The summed E-state index contributed by atoms with van der Waals surface area (Å²) in [4.78, 5) is 11.9. The second-order valence-corrected chi connectivity index (χ2v) is 5.24. The Labute approximate surface area is 132 Å². The molecule has 0 aliphatic rings. The van der Waals surface area contributed by atoms with Gasteiger partial charge in [-0.25, -0.2) is 0 Å². The molecule has 0 unspecified atom stereocenters. The highest BCUT2D eigenvalue weighted by Gasteiger charge is 2.11. The summed E-state index contributed by atoms with van der Waals surface area (Å²) < 4.78 is 5.36. The van der Waals surface area contributed by atoms with E-state index >= 15 is 0 Å². The van der Waals surface area contributed by atoms with Gasteiger partial charge in [0.25, 0.3) is 5.91 Å². The van der Waals surface area contributed by atoms with E-state index in [4.69, 9.17) is 33.7 Å². The van der Waals surface area contributed by atoms with Crippen LogP contribution in [-0.2, 0) is 4.79 Å². The Bertz CT molecular complexity index is 634. The maximum Gasteiger partial charge on any atom is 0.262 e. The zero-order valence-corrected chi connectivity index (χ0v) is 12.8. The predicted molar refractivity (Wildman–Crippen MR) is 86.2 cm³/mol. The lowest BCUT2D eigenvalue weighted by Crippen LogP contribution is -2.21. The van der Waals surface area contributed by atoms with Gasteiger partial charge in [0.1, 0.15) is 0 Å². The standard InChI is InChI=1S/C15H14Cl2N2O2/c1-9-4-2-7-12(18)14(9)19-13(20)8-21-15-10(16)5-3-6-11(15)17/h2-7H,8,18H2,1H3,(H,19,20). The number of aryl methyl sites for hydroxylation is 1. The zero-order chi connectivity index (χ0) is 15.4. The minimum absolute atomic E-state index is 0.211. The highest BCUT2D eigenvalue weighted by atomic mass is 35.5. The van der Waals surface area contributed by atoms with E-state index in [1.54, 1.807) is 24.3 Å². The minimum atomic E-state index is -0.341. The van der Waals surface area contributed by atoms with E-state index in [0.29, 0.717) is 21.4 Å². The van der Waals surface area contributed by atoms with Gasteiger partial charge in [0.2, 0.25) is 0 Å². The summed E-state index contributed by atoms with van der Waals surface area (Å²) in [6, 6.07) is 10.4. The fourth-order valence-electron chi connectivity index (χ4n) is 1.79. The molecule has 2 aromatic rings. The van der Waals surface area contributed by atoms with Crippen LogP contribution in [0, 0.1) is 6.92 Å². The van der Waals surface area contributed by atoms with Crippen LogP contribution in [0.1, 0.15) is 5.56 Å². The van der Waals surface area contributed by atoms with Crippen molar-refractivity contribution >= 4 is 40.5 Å². The number of hydrogen-bond donors (Lipinski definition) is 2. The number of carbonyl (C=O) groups is 1. The van der Waals surface area contributed by atoms with Crippen molar-refractivity contribution in [2.24, 2.45) is 0 Å². The first-order chi connectivity index (χ1) is 9.99. The Morgan fingerprint density at radius 2 is 1.81 bits per heavy atom. The quantitative estimate of drug-likeness (QED) is 0.838. The van der Waals surface area contributed by atoms with E-state index in [2.05, 4.69) is 5.32 Å². The summed E-state index contributed by atoms with van der Waals surface area (Å²) in [7, 11) is 0. The Morgan fingerprint density at radius 3 is 2.43 bits per heavy atom. The topological polar surface area (TPSA) is 64.3 Å². The molecule has 0 saturated carbocycles. The molecule has 3 N–H and O–H groups in total. The van der Waals surface area contributed by atoms with Crippen molar-refractivity contribution in [1.82, 2.24) is 0 Å². The van der Waals surface area contributed by atoms with E-state index in [0.717, 1.165) is 5.56 Å². The molecule has 0 aromatic heterocycles. The number of nitrogen functional groups attached to an aromatic ring is 1. The van der Waals surface area contributed by atoms with Crippen molar-refractivity contribution in [3.8, 4) is 5.75 Å². The second-order valence-electron chi connectivity index (χ2n) is 4.43. The van der Waals surface area contributed by atoms with Crippen LogP contribution in [-0.4, -0.2) is 12.5 Å². The lowest BCUT2D eigenvalue weighted by Gasteiger charge is -2.12. The van der Waals surface area contributed by atoms with Crippen molar-refractivity contribution in [2.75, 3.05) is 17.7 Å². The molecular weight excluding hydrogens is 311 g/mol. The molecule has 0 aliphatic carbocycles. The Morgan fingerprint density at radius 1 is 1.19 bits per heavy atom. The number of nitrogens with one attached hydrogen (secondary N) is 1. The number of amides is 1. The van der Waals surface area contributed by atoms with E-state index in [1.807, 2.05) is 19.1 Å². The molecule has 21 heavy (non-hydrogen) atoms. The molecule has 6 heteroatoms. The molecule has 0 saturated heterocycles. The number of para-hydroxylation sites is 2. The van der Waals surface area contributed by atoms with Crippen LogP contribution in [0.3, 0.4) is 0 Å². The molecular formula is C15H14Cl2N2O2. The minimum Gasteiger partial charge on any atom is -0.481 e. The summed E-state index contributed by atoms with van der Waals surface area (Å²) in [5.41, 5.74) is 7.78. The number of carbonyl (C=O) groups excluding carboxylic acids is 1. The van der Waals surface area contributed by atoms with Gasteiger partial charge in [-0.3, -0.25) is 4.79 Å². The monoisotopic (exact) mass is 324 g/mol. The van der Waals surface area contributed by atoms with Crippen LogP contribution in [0.5, 0.6) is 5.75 Å². The molecule has 0 spiro atoms. The maximum atomic E-state index is 11.9. The van der Waals surface area contributed by atoms with Crippen LogP contribution in [0.2, 0.25) is 10.0 Å². The van der Waals surface area contributed by atoms with Gasteiger partial charge in [-0.2, -0.15) is 0 Å². The number of anilines is 2. The molecule has 0 bridgehead atoms. The molecule has 0 fully saturated rings. The largest absolute Gasteiger partial charge is 0.481 e. The smallest absolute Gasteiger partial charge is 0.262 e. The fraction of sp³-hybridized carbons (Fsp3) is 0.133. The van der Waals surface area contributed by atoms with Crippen LogP contribution in [0.15, 0.2) is 36.4 Å². The van der Waals surface area contributed by atoms with Gasteiger partial charge in [-0.1, -0.05) is 41.4 Å². The molecule has 1 amide bonds. The third kappa shape index (κ3) is 3.80. The van der Waals surface area contributed by atoms with Gasteiger partial charge < -0.3 is 15.8 Å². The Balaban J connectivity index is 2.03. The number of hydrogen-bond acceptors (Lipinski definition) is 3. The predicted octanol–water partition coefficient (Wildman–Crippen LogP) is 3.90. The van der Waals surface area contributed by atoms with Gasteiger partial charge in [-0.05, 0) is 30.7 Å². The highest BCUT2D eigenvalue weighted by molar-refractivity contribution is 6.37.